The highest BCUT2D eigenvalue weighted by Crippen LogP contribution is 2.35. The molecular weight excluding hydrogens is 335 g/mol. The molecular formula is C13H7BrF3N3. The number of halogens is 4. The molecule has 0 saturated carbocycles. The van der Waals surface area contributed by atoms with Crippen LogP contribution in [0.1, 0.15) is 11.1 Å². The Bertz CT molecular complexity index is 677. The summed E-state index contributed by atoms with van der Waals surface area (Å²) in [5.41, 5.74) is 0.0780. The summed E-state index contributed by atoms with van der Waals surface area (Å²) in [5.74, 6) is 0. The van der Waals surface area contributed by atoms with Crippen LogP contribution in [-0.2, 0) is 6.18 Å². The molecule has 0 aliphatic carbocycles. The van der Waals surface area contributed by atoms with Gasteiger partial charge in [0.05, 0.1) is 28.7 Å². The van der Waals surface area contributed by atoms with Gasteiger partial charge in [-0.25, -0.2) is 0 Å². The van der Waals surface area contributed by atoms with E-state index in [-0.39, 0.29) is 5.69 Å². The van der Waals surface area contributed by atoms with Crippen molar-refractivity contribution in [3.8, 4) is 6.07 Å². The molecule has 20 heavy (non-hydrogen) atoms. The number of benzene rings is 1. The highest BCUT2D eigenvalue weighted by Gasteiger charge is 2.30. The van der Waals surface area contributed by atoms with E-state index in [9.17, 15) is 13.2 Å². The van der Waals surface area contributed by atoms with Gasteiger partial charge in [-0.3, -0.25) is 4.98 Å². The summed E-state index contributed by atoms with van der Waals surface area (Å²) in [6, 6.07) is 6.66. The Balaban J connectivity index is 2.41. The van der Waals surface area contributed by atoms with Crippen molar-refractivity contribution in [3.05, 3.63) is 52.3 Å². The molecule has 0 spiro atoms. The smallest absolute Gasteiger partial charge is 0.352 e. The second kappa shape index (κ2) is 5.51. The predicted molar refractivity (Wildman–Crippen MR) is 71.4 cm³/mol. The van der Waals surface area contributed by atoms with E-state index in [1.165, 1.54) is 24.5 Å². The third-order valence-corrected chi connectivity index (χ3v) is 3.20. The number of anilines is 2. The molecule has 1 aromatic heterocycles. The molecule has 1 N–H and O–H groups in total. The first-order valence-corrected chi connectivity index (χ1v) is 6.19. The van der Waals surface area contributed by atoms with Gasteiger partial charge in [-0.15, -0.1) is 0 Å². The van der Waals surface area contributed by atoms with Crippen molar-refractivity contribution in [2.75, 3.05) is 5.32 Å². The monoisotopic (exact) mass is 341 g/mol. The third kappa shape index (κ3) is 3.08. The lowest BCUT2D eigenvalue weighted by atomic mass is 10.2. The van der Waals surface area contributed by atoms with Gasteiger partial charge in [-0.05, 0) is 40.2 Å². The van der Waals surface area contributed by atoms with Crippen molar-refractivity contribution in [2.45, 2.75) is 6.18 Å². The van der Waals surface area contributed by atoms with Gasteiger partial charge in [0.25, 0.3) is 0 Å². The fourth-order valence-corrected chi connectivity index (χ4v) is 1.88. The Labute approximate surface area is 121 Å². The van der Waals surface area contributed by atoms with Gasteiger partial charge >= 0.3 is 6.18 Å². The van der Waals surface area contributed by atoms with E-state index in [4.69, 9.17) is 5.26 Å². The van der Waals surface area contributed by atoms with Crippen LogP contribution in [0.5, 0.6) is 0 Å². The minimum absolute atomic E-state index is 0.212. The van der Waals surface area contributed by atoms with E-state index in [0.29, 0.717) is 15.7 Å². The summed E-state index contributed by atoms with van der Waals surface area (Å²) in [5, 5.41) is 11.7. The topological polar surface area (TPSA) is 48.7 Å². The van der Waals surface area contributed by atoms with E-state index >= 15 is 0 Å². The molecule has 3 nitrogen and oxygen atoms in total. The van der Waals surface area contributed by atoms with Crippen molar-refractivity contribution in [2.24, 2.45) is 0 Å². The number of pyridine rings is 1. The van der Waals surface area contributed by atoms with Gasteiger partial charge in [0.1, 0.15) is 6.07 Å². The maximum atomic E-state index is 12.7. The molecule has 0 amide bonds. The van der Waals surface area contributed by atoms with Crippen LogP contribution in [0.25, 0.3) is 0 Å². The Morgan fingerprint density at radius 3 is 2.60 bits per heavy atom. The molecule has 0 bridgehead atoms. The fourth-order valence-electron chi connectivity index (χ4n) is 1.53. The van der Waals surface area contributed by atoms with Gasteiger partial charge in [-0.1, -0.05) is 0 Å². The first-order chi connectivity index (χ1) is 9.41. The van der Waals surface area contributed by atoms with Crippen molar-refractivity contribution in [1.82, 2.24) is 4.98 Å². The van der Waals surface area contributed by atoms with Crippen molar-refractivity contribution in [3.63, 3.8) is 0 Å². The number of hydrogen-bond acceptors (Lipinski definition) is 3. The van der Waals surface area contributed by atoms with Crippen LogP contribution in [0.3, 0.4) is 0 Å². The molecule has 1 aromatic carbocycles. The maximum Gasteiger partial charge on any atom is 0.416 e. The summed E-state index contributed by atoms with van der Waals surface area (Å²) in [7, 11) is 0. The molecule has 0 fully saturated rings. The zero-order chi connectivity index (χ0) is 14.8. The summed E-state index contributed by atoms with van der Waals surface area (Å²) < 4.78 is 38.5. The quantitative estimate of drug-likeness (QED) is 0.876. The fraction of sp³-hybridized carbons (Fsp3) is 0.0769. The zero-order valence-electron chi connectivity index (χ0n) is 9.87. The second-order valence-electron chi connectivity index (χ2n) is 3.85. The molecule has 2 aromatic rings. The molecule has 7 heteroatoms. The highest BCUT2D eigenvalue weighted by atomic mass is 79.9. The minimum atomic E-state index is -4.43. The Morgan fingerprint density at radius 1 is 1.20 bits per heavy atom. The lowest BCUT2D eigenvalue weighted by Gasteiger charge is -2.13. The van der Waals surface area contributed by atoms with E-state index < -0.39 is 11.7 Å². The van der Waals surface area contributed by atoms with E-state index in [0.717, 1.165) is 12.1 Å². The van der Waals surface area contributed by atoms with Gasteiger partial charge in [-0.2, -0.15) is 18.4 Å². The molecule has 1 heterocycles. The van der Waals surface area contributed by atoms with Gasteiger partial charge in [0.15, 0.2) is 0 Å². The summed E-state index contributed by atoms with van der Waals surface area (Å²) in [6.45, 7) is 0. The Kier molecular flexibility index (Phi) is 3.95. The normalized spacial score (nSPS) is 10.9. The third-order valence-electron chi connectivity index (χ3n) is 2.50. The molecule has 0 radical (unpaired) electrons. The van der Waals surface area contributed by atoms with Crippen LogP contribution >= 0.6 is 15.9 Å². The van der Waals surface area contributed by atoms with Crippen LogP contribution < -0.4 is 5.32 Å². The Hall–Kier alpha value is -2.07. The second-order valence-corrected chi connectivity index (χ2v) is 4.70. The Morgan fingerprint density at radius 2 is 1.95 bits per heavy atom. The summed E-state index contributed by atoms with van der Waals surface area (Å²) in [4.78, 5) is 3.84. The number of hydrogen-bond donors (Lipinski definition) is 1. The number of nitrogens with one attached hydrogen (secondary N) is 1. The maximum absolute atomic E-state index is 12.7. The molecule has 0 aliphatic rings. The lowest BCUT2D eigenvalue weighted by molar-refractivity contribution is -0.137. The van der Waals surface area contributed by atoms with E-state index in [2.05, 4.69) is 26.2 Å². The zero-order valence-corrected chi connectivity index (χ0v) is 11.5. The number of alkyl halides is 3. The van der Waals surface area contributed by atoms with E-state index in [1.54, 1.807) is 0 Å². The molecule has 0 atom stereocenters. The van der Waals surface area contributed by atoms with Crippen LogP contribution in [0, 0.1) is 11.3 Å². The van der Waals surface area contributed by atoms with Gasteiger partial charge in [0, 0.05) is 10.7 Å². The molecule has 0 aliphatic heterocycles. The van der Waals surface area contributed by atoms with Crippen LogP contribution in [0.15, 0.2) is 41.1 Å². The molecule has 102 valence electrons. The summed E-state index contributed by atoms with van der Waals surface area (Å²) >= 11 is 3.17. The van der Waals surface area contributed by atoms with Crippen molar-refractivity contribution < 1.29 is 13.2 Å². The average molecular weight is 342 g/mol. The van der Waals surface area contributed by atoms with Crippen LogP contribution in [0.4, 0.5) is 24.5 Å². The van der Waals surface area contributed by atoms with Gasteiger partial charge in [0.2, 0.25) is 0 Å². The van der Waals surface area contributed by atoms with Crippen LogP contribution in [0.2, 0.25) is 0 Å². The SMILES string of the molecule is N#Cc1ccncc1Nc1cc(C(F)(F)F)ccc1Br. The van der Waals surface area contributed by atoms with Crippen molar-refractivity contribution in [1.29, 1.82) is 5.26 Å². The molecule has 0 saturated heterocycles. The highest BCUT2D eigenvalue weighted by molar-refractivity contribution is 9.10. The largest absolute Gasteiger partial charge is 0.416 e. The molecule has 2 rings (SSSR count). The van der Waals surface area contributed by atoms with Gasteiger partial charge < -0.3 is 5.32 Å². The summed E-state index contributed by atoms with van der Waals surface area (Å²) in [6.07, 6.45) is -1.61. The van der Waals surface area contributed by atoms with E-state index in [1.807, 2.05) is 6.07 Å². The lowest BCUT2D eigenvalue weighted by Crippen LogP contribution is -2.06. The number of rotatable bonds is 2. The number of aromatic nitrogens is 1. The standard InChI is InChI=1S/C13H7BrF3N3/c14-10-2-1-9(13(15,16)17)5-11(10)20-12-7-19-4-3-8(12)6-18/h1-5,7,20H. The first kappa shape index (κ1) is 14.3. The van der Waals surface area contributed by atoms with Crippen molar-refractivity contribution >= 4 is 27.3 Å². The average Bonchev–Trinajstić information content (AvgIpc) is 2.40. The minimum Gasteiger partial charge on any atom is -0.352 e. The first-order valence-electron chi connectivity index (χ1n) is 5.39. The predicted octanol–water partition coefficient (Wildman–Crippen LogP) is 4.48. The van der Waals surface area contributed by atoms with Crippen LogP contribution in [-0.4, -0.2) is 4.98 Å². The molecule has 0 unspecified atom stereocenters. The number of nitriles is 1. The number of nitrogens with zero attached hydrogens (tertiary/aromatic N) is 2.